The molecule has 1 aromatic heterocycles. The third-order valence-corrected chi connectivity index (χ3v) is 4.30. The van der Waals surface area contributed by atoms with Gasteiger partial charge >= 0.3 is 0 Å². The van der Waals surface area contributed by atoms with Gasteiger partial charge in [0.05, 0.1) is 18.1 Å². The maximum atomic E-state index is 12.2. The summed E-state index contributed by atoms with van der Waals surface area (Å²) < 4.78 is 0. The maximum absolute atomic E-state index is 12.2. The van der Waals surface area contributed by atoms with Crippen LogP contribution in [0.15, 0.2) is 36.5 Å². The molecule has 1 aliphatic rings. The zero-order valence-corrected chi connectivity index (χ0v) is 12.4. The number of hydrogen-bond acceptors (Lipinski definition) is 4. The van der Waals surface area contributed by atoms with E-state index in [1.165, 1.54) is 0 Å². The molecule has 5 nitrogen and oxygen atoms in total. The third kappa shape index (κ3) is 2.80. The fraction of sp³-hybridized carbons (Fsp3) is 0.267. The molecule has 2 aromatic rings. The van der Waals surface area contributed by atoms with E-state index in [9.17, 15) is 9.59 Å². The fourth-order valence-electron chi connectivity index (χ4n) is 2.44. The molecule has 0 saturated carbocycles. The molecule has 0 radical (unpaired) electrons. The van der Waals surface area contributed by atoms with Crippen molar-refractivity contribution in [3.05, 3.63) is 52.0 Å². The number of amides is 2. The zero-order valence-electron chi connectivity index (χ0n) is 11.6. The second-order valence-corrected chi connectivity index (χ2v) is 6.22. The Morgan fingerprint density at radius 1 is 1.33 bits per heavy atom. The van der Waals surface area contributed by atoms with E-state index in [1.807, 2.05) is 37.3 Å². The average Bonchev–Trinajstić information content (AvgIpc) is 2.89. The molecule has 0 spiro atoms. The number of nitrogens with one attached hydrogen (secondary N) is 1. The minimum atomic E-state index is -0.574. The van der Waals surface area contributed by atoms with Crippen molar-refractivity contribution >= 4 is 23.2 Å². The van der Waals surface area contributed by atoms with Crippen molar-refractivity contribution in [1.82, 2.24) is 15.2 Å². The maximum Gasteiger partial charge on any atom is 0.247 e. The van der Waals surface area contributed by atoms with E-state index in [0.717, 1.165) is 15.4 Å². The Balaban J connectivity index is 1.92. The number of aryl methyl sites for hydroxylation is 1. The van der Waals surface area contributed by atoms with E-state index in [4.69, 9.17) is 0 Å². The molecule has 1 fully saturated rings. The van der Waals surface area contributed by atoms with Crippen LogP contribution in [0.3, 0.4) is 0 Å². The van der Waals surface area contributed by atoms with E-state index in [2.05, 4.69) is 10.3 Å². The number of carbonyl (C=O) groups is 2. The predicted molar refractivity (Wildman–Crippen MR) is 79.6 cm³/mol. The third-order valence-electron chi connectivity index (χ3n) is 3.40. The minimum Gasteiger partial charge on any atom is -0.345 e. The number of piperazine rings is 1. The molecule has 2 heterocycles. The molecule has 2 amide bonds. The number of carbonyl (C=O) groups excluding carboxylic acids is 2. The van der Waals surface area contributed by atoms with Crippen LogP contribution in [0.4, 0.5) is 0 Å². The van der Waals surface area contributed by atoms with Crippen LogP contribution in [-0.4, -0.2) is 28.2 Å². The van der Waals surface area contributed by atoms with Crippen LogP contribution < -0.4 is 5.32 Å². The summed E-state index contributed by atoms with van der Waals surface area (Å²) in [6.07, 6.45) is 1.77. The minimum absolute atomic E-state index is 0.0555. The van der Waals surface area contributed by atoms with Gasteiger partial charge in [-0.15, -0.1) is 11.3 Å². The van der Waals surface area contributed by atoms with Crippen LogP contribution in [0.25, 0.3) is 0 Å². The first-order valence-electron chi connectivity index (χ1n) is 6.68. The number of hydrogen-bond donors (Lipinski definition) is 1. The van der Waals surface area contributed by atoms with Crippen LogP contribution in [0.2, 0.25) is 0 Å². The fourth-order valence-corrected chi connectivity index (χ4v) is 3.23. The lowest BCUT2D eigenvalue weighted by Crippen LogP contribution is -2.53. The highest BCUT2D eigenvalue weighted by molar-refractivity contribution is 7.11. The number of benzene rings is 1. The summed E-state index contributed by atoms with van der Waals surface area (Å²) in [6, 6.07) is 8.80. The molecule has 21 heavy (non-hydrogen) atoms. The standard InChI is InChI=1S/C15H15N3O2S/c1-10-16-7-12(21-10)9-18-13(19)8-17-15(20)14(18)11-5-3-2-4-6-11/h2-7,14H,8-9H2,1H3,(H,17,20). The van der Waals surface area contributed by atoms with Crippen molar-refractivity contribution < 1.29 is 9.59 Å². The van der Waals surface area contributed by atoms with Gasteiger partial charge in [0.2, 0.25) is 11.8 Å². The zero-order chi connectivity index (χ0) is 14.8. The molecule has 1 saturated heterocycles. The van der Waals surface area contributed by atoms with E-state index in [-0.39, 0.29) is 18.4 Å². The molecule has 6 heteroatoms. The van der Waals surface area contributed by atoms with E-state index < -0.39 is 6.04 Å². The lowest BCUT2D eigenvalue weighted by atomic mass is 10.0. The van der Waals surface area contributed by atoms with Gasteiger partial charge in [-0.2, -0.15) is 0 Å². The Morgan fingerprint density at radius 3 is 2.76 bits per heavy atom. The molecule has 1 unspecified atom stereocenters. The highest BCUT2D eigenvalue weighted by Gasteiger charge is 2.35. The predicted octanol–water partition coefficient (Wildman–Crippen LogP) is 1.65. The summed E-state index contributed by atoms with van der Waals surface area (Å²) in [6.45, 7) is 2.39. The van der Waals surface area contributed by atoms with Gasteiger partial charge in [-0.25, -0.2) is 4.98 Å². The topological polar surface area (TPSA) is 62.3 Å². The van der Waals surface area contributed by atoms with Gasteiger partial charge in [-0.3, -0.25) is 9.59 Å². The van der Waals surface area contributed by atoms with Gasteiger partial charge in [0, 0.05) is 11.1 Å². The summed E-state index contributed by atoms with van der Waals surface area (Å²) in [5.41, 5.74) is 0.823. The van der Waals surface area contributed by atoms with Gasteiger partial charge in [-0.05, 0) is 12.5 Å². The Kier molecular flexibility index (Phi) is 3.70. The monoisotopic (exact) mass is 301 g/mol. The lowest BCUT2D eigenvalue weighted by Gasteiger charge is -2.34. The number of rotatable bonds is 3. The van der Waals surface area contributed by atoms with Gasteiger partial charge in [0.1, 0.15) is 6.04 Å². The Hall–Kier alpha value is -2.21. The van der Waals surface area contributed by atoms with E-state index >= 15 is 0 Å². The number of nitrogens with zero attached hydrogens (tertiary/aromatic N) is 2. The van der Waals surface area contributed by atoms with Gasteiger partial charge < -0.3 is 10.2 Å². The first-order chi connectivity index (χ1) is 10.1. The molecular formula is C15H15N3O2S. The Morgan fingerprint density at radius 2 is 2.10 bits per heavy atom. The highest BCUT2D eigenvalue weighted by atomic mass is 32.1. The number of thiazole rings is 1. The molecule has 1 aromatic carbocycles. The summed E-state index contributed by atoms with van der Waals surface area (Å²) in [5, 5.41) is 3.61. The molecule has 0 bridgehead atoms. The normalized spacial score (nSPS) is 18.7. The van der Waals surface area contributed by atoms with E-state index in [0.29, 0.717) is 6.54 Å². The van der Waals surface area contributed by atoms with Gasteiger partial charge in [0.25, 0.3) is 0 Å². The Labute approximate surface area is 126 Å². The molecule has 1 aliphatic heterocycles. The van der Waals surface area contributed by atoms with Crippen LogP contribution >= 0.6 is 11.3 Å². The van der Waals surface area contributed by atoms with Crippen LogP contribution in [0, 0.1) is 6.92 Å². The SMILES string of the molecule is Cc1ncc(CN2C(=O)CNC(=O)C2c2ccccc2)s1. The quantitative estimate of drug-likeness (QED) is 0.937. The average molecular weight is 301 g/mol. The van der Waals surface area contributed by atoms with E-state index in [1.54, 1.807) is 22.4 Å². The summed E-state index contributed by atoms with van der Waals surface area (Å²) in [4.78, 5) is 31.3. The molecule has 1 atom stereocenters. The van der Waals surface area contributed by atoms with Crippen molar-refractivity contribution in [3.63, 3.8) is 0 Å². The van der Waals surface area contributed by atoms with Crippen LogP contribution in [0.1, 0.15) is 21.5 Å². The second kappa shape index (κ2) is 5.65. The van der Waals surface area contributed by atoms with Crippen molar-refractivity contribution in [3.8, 4) is 0 Å². The number of aromatic nitrogens is 1. The van der Waals surface area contributed by atoms with Crippen LogP contribution in [-0.2, 0) is 16.1 Å². The summed E-state index contributed by atoms with van der Waals surface area (Å²) >= 11 is 1.55. The smallest absolute Gasteiger partial charge is 0.247 e. The van der Waals surface area contributed by atoms with Crippen molar-refractivity contribution in [2.45, 2.75) is 19.5 Å². The highest BCUT2D eigenvalue weighted by Crippen LogP contribution is 2.27. The lowest BCUT2D eigenvalue weighted by molar-refractivity contribution is -0.146. The van der Waals surface area contributed by atoms with Gasteiger partial charge in [0.15, 0.2) is 0 Å². The molecule has 108 valence electrons. The summed E-state index contributed by atoms with van der Waals surface area (Å²) in [5.74, 6) is -0.212. The largest absolute Gasteiger partial charge is 0.345 e. The van der Waals surface area contributed by atoms with Crippen LogP contribution in [0.5, 0.6) is 0 Å². The molecular weight excluding hydrogens is 286 g/mol. The van der Waals surface area contributed by atoms with Crippen molar-refractivity contribution in [2.75, 3.05) is 6.54 Å². The molecule has 0 aliphatic carbocycles. The van der Waals surface area contributed by atoms with Crippen molar-refractivity contribution in [1.29, 1.82) is 0 Å². The molecule has 1 N–H and O–H groups in total. The first-order valence-corrected chi connectivity index (χ1v) is 7.50. The molecule has 3 rings (SSSR count). The van der Waals surface area contributed by atoms with Crippen molar-refractivity contribution in [2.24, 2.45) is 0 Å². The van der Waals surface area contributed by atoms with Gasteiger partial charge in [-0.1, -0.05) is 30.3 Å². The second-order valence-electron chi connectivity index (χ2n) is 4.90. The first kappa shape index (κ1) is 13.8. The summed E-state index contributed by atoms with van der Waals surface area (Å²) in [7, 11) is 0. The Bertz CT molecular complexity index is 669.